The second-order valence-corrected chi connectivity index (χ2v) is 6.50. The van der Waals surface area contributed by atoms with E-state index >= 15 is 0 Å². The van der Waals surface area contributed by atoms with Crippen molar-refractivity contribution in [1.82, 2.24) is 0 Å². The van der Waals surface area contributed by atoms with E-state index in [1.165, 1.54) is 6.07 Å². The zero-order valence-electron chi connectivity index (χ0n) is 14.7. The summed E-state index contributed by atoms with van der Waals surface area (Å²) in [5.41, 5.74) is 1.69. The molecule has 1 aliphatic rings. The van der Waals surface area contributed by atoms with E-state index in [-0.39, 0.29) is 28.6 Å². The van der Waals surface area contributed by atoms with Gasteiger partial charge in [-0.1, -0.05) is 42.5 Å². The summed E-state index contributed by atoms with van der Waals surface area (Å²) in [6, 6.07) is 16.4. The van der Waals surface area contributed by atoms with E-state index in [0.29, 0.717) is 31.6 Å². The monoisotopic (exact) mass is 354 g/mol. The molecule has 2 aromatic rings. The average molecular weight is 354 g/mol. The SMILES string of the molecule is C[C@H](OC(=O)C1CCN(c2ccccc2[N+](=O)[O-])CC1)c1ccccc1. The Balaban J connectivity index is 1.58. The zero-order valence-corrected chi connectivity index (χ0v) is 14.7. The Kier molecular flexibility index (Phi) is 5.51. The van der Waals surface area contributed by atoms with Gasteiger partial charge in [-0.3, -0.25) is 14.9 Å². The first-order valence-corrected chi connectivity index (χ1v) is 8.80. The first-order valence-electron chi connectivity index (χ1n) is 8.80. The van der Waals surface area contributed by atoms with Gasteiger partial charge in [0.2, 0.25) is 0 Å². The van der Waals surface area contributed by atoms with Crippen LogP contribution in [0, 0.1) is 16.0 Å². The number of ether oxygens (including phenoxy) is 1. The Bertz CT molecular complexity index is 770. The maximum Gasteiger partial charge on any atom is 0.309 e. The number of piperidine rings is 1. The van der Waals surface area contributed by atoms with Crippen LogP contribution in [0.25, 0.3) is 0 Å². The molecule has 136 valence electrons. The van der Waals surface area contributed by atoms with Crippen molar-refractivity contribution in [3.8, 4) is 0 Å². The second-order valence-electron chi connectivity index (χ2n) is 6.50. The van der Waals surface area contributed by atoms with Gasteiger partial charge in [0.05, 0.1) is 10.8 Å². The fourth-order valence-corrected chi connectivity index (χ4v) is 3.30. The van der Waals surface area contributed by atoms with Gasteiger partial charge in [0.1, 0.15) is 11.8 Å². The number of esters is 1. The smallest absolute Gasteiger partial charge is 0.309 e. The molecule has 2 aromatic carbocycles. The molecule has 0 N–H and O–H groups in total. The van der Waals surface area contributed by atoms with E-state index in [4.69, 9.17) is 4.74 Å². The van der Waals surface area contributed by atoms with Crippen molar-refractivity contribution in [3.63, 3.8) is 0 Å². The van der Waals surface area contributed by atoms with E-state index in [0.717, 1.165) is 5.56 Å². The number of hydrogen-bond acceptors (Lipinski definition) is 5. The number of rotatable bonds is 5. The highest BCUT2D eigenvalue weighted by Gasteiger charge is 2.29. The summed E-state index contributed by atoms with van der Waals surface area (Å²) >= 11 is 0. The Morgan fingerprint density at radius 3 is 2.38 bits per heavy atom. The Morgan fingerprint density at radius 2 is 1.73 bits per heavy atom. The lowest BCUT2D eigenvalue weighted by atomic mass is 9.96. The number of nitro benzene ring substituents is 1. The molecule has 0 unspecified atom stereocenters. The van der Waals surface area contributed by atoms with Crippen molar-refractivity contribution < 1.29 is 14.5 Å². The molecule has 6 heteroatoms. The summed E-state index contributed by atoms with van der Waals surface area (Å²) in [6.45, 7) is 3.07. The molecule has 1 fully saturated rings. The van der Waals surface area contributed by atoms with Crippen molar-refractivity contribution in [2.24, 2.45) is 5.92 Å². The number of para-hydroxylation sites is 2. The Morgan fingerprint density at radius 1 is 1.12 bits per heavy atom. The lowest BCUT2D eigenvalue weighted by Gasteiger charge is -2.32. The van der Waals surface area contributed by atoms with Gasteiger partial charge in [-0.2, -0.15) is 0 Å². The maximum absolute atomic E-state index is 12.5. The predicted molar refractivity (Wildman–Crippen MR) is 99.0 cm³/mol. The van der Waals surface area contributed by atoms with Gasteiger partial charge < -0.3 is 9.64 Å². The number of anilines is 1. The van der Waals surface area contributed by atoms with E-state index in [9.17, 15) is 14.9 Å². The standard InChI is InChI=1S/C20H22N2O4/c1-15(16-7-3-2-4-8-16)26-20(23)17-11-13-21(14-12-17)18-9-5-6-10-19(18)22(24)25/h2-10,15,17H,11-14H2,1H3/t15-/m0/s1. The van der Waals surface area contributed by atoms with Crippen molar-refractivity contribution in [1.29, 1.82) is 0 Å². The van der Waals surface area contributed by atoms with E-state index in [2.05, 4.69) is 0 Å². The normalized spacial score (nSPS) is 16.1. The molecule has 0 saturated carbocycles. The third kappa shape index (κ3) is 4.02. The molecule has 26 heavy (non-hydrogen) atoms. The van der Waals surface area contributed by atoms with Crippen molar-refractivity contribution in [3.05, 3.63) is 70.3 Å². The molecule has 0 spiro atoms. The topological polar surface area (TPSA) is 72.7 Å². The Labute approximate surface area is 152 Å². The minimum atomic E-state index is -0.364. The first-order chi connectivity index (χ1) is 12.6. The summed E-state index contributed by atoms with van der Waals surface area (Å²) in [4.78, 5) is 25.3. The van der Waals surface area contributed by atoms with E-state index in [1.54, 1.807) is 18.2 Å². The third-order valence-corrected chi connectivity index (χ3v) is 4.81. The summed E-state index contributed by atoms with van der Waals surface area (Å²) in [6.07, 6.45) is 0.982. The number of carbonyl (C=O) groups excluding carboxylic acids is 1. The molecule has 1 heterocycles. The third-order valence-electron chi connectivity index (χ3n) is 4.81. The second kappa shape index (κ2) is 7.99. The van der Waals surface area contributed by atoms with Gasteiger partial charge >= 0.3 is 5.97 Å². The molecule has 1 saturated heterocycles. The quantitative estimate of drug-likeness (QED) is 0.459. The fraction of sp³-hybridized carbons (Fsp3) is 0.350. The maximum atomic E-state index is 12.5. The summed E-state index contributed by atoms with van der Waals surface area (Å²) in [5.74, 6) is -0.358. The highest BCUT2D eigenvalue weighted by molar-refractivity contribution is 5.73. The van der Waals surface area contributed by atoms with Crippen LogP contribution in [0.2, 0.25) is 0 Å². The van der Waals surface area contributed by atoms with Crippen LogP contribution >= 0.6 is 0 Å². The number of hydrogen-bond donors (Lipinski definition) is 0. The van der Waals surface area contributed by atoms with Gasteiger partial charge in [-0.05, 0) is 31.4 Å². The molecule has 6 nitrogen and oxygen atoms in total. The van der Waals surface area contributed by atoms with Crippen LogP contribution in [-0.2, 0) is 9.53 Å². The zero-order chi connectivity index (χ0) is 18.5. The summed E-state index contributed by atoms with van der Waals surface area (Å²) in [5, 5.41) is 11.2. The summed E-state index contributed by atoms with van der Waals surface area (Å²) in [7, 11) is 0. The predicted octanol–water partition coefficient (Wildman–Crippen LogP) is 4.12. The average Bonchev–Trinajstić information content (AvgIpc) is 2.68. The van der Waals surface area contributed by atoms with Crippen LogP contribution in [-0.4, -0.2) is 24.0 Å². The molecule has 0 amide bonds. The van der Waals surface area contributed by atoms with Crippen LogP contribution < -0.4 is 4.90 Å². The summed E-state index contributed by atoms with van der Waals surface area (Å²) < 4.78 is 5.61. The molecule has 3 rings (SSSR count). The molecule has 0 bridgehead atoms. The minimum Gasteiger partial charge on any atom is -0.458 e. The molecule has 0 aliphatic carbocycles. The number of nitrogens with zero attached hydrogens (tertiary/aromatic N) is 2. The molecular formula is C20H22N2O4. The molecule has 1 atom stereocenters. The number of nitro groups is 1. The van der Waals surface area contributed by atoms with Gasteiger partial charge in [-0.15, -0.1) is 0 Å². The van der Waals surface area contributed by atoms with Gasteiger partial charge in [0, 0.05) is 19.2 Å². The van der Waals surface area contributed by atoms with Gasteiger partial charge in [0.15, 0.2) is 0 Å². The van der Waals surface area contributed by atoms with E-state index < -0.39 is 0 Å². The van der Waals surface area contributed by atoms with Gasteiger partial charge in [0.25, 0.3) is 5.69 Å². The van der Waals surface area contributed by atoms with Crippen LogP contribution in [0.15, 0.2) is 54.6 Å². The van der Waals surface area contributed by atoms with Crippen LogP contribution in [0.4, 0.5) is 11.4 Å². The fourth-order valence-electron chi connectivity index (χ4n) is 3.30. The van der Waals surface area contributed by atoms with E-state index in [1.807, 2.05) is 42.2 Å². The van der Waals surface area contributed by atoms with Crippen LogP contribution in [0.1, 0.15) is 31.4 Å². The largest absolute Gasteiger partial charge is 0.458 e. The van der Waals surface area contributed by atoms with Crippen molar-refractivity contribution in [2.75, 3.05) is 18.0 Å². The van der Waals surface area contributed by atoms with Crippen LogP contribution in [0.5, 0.6) is 0 Å². The van der Waals surface area contributed by atoms with Crippen LogP contribution in [0.3, 0.4) is 0 Å². The van der Waals surface area contributed by atoms with Crippen molar-refractivity contribution in [2.45, 2.75) is 25.9 Å². The molecule has 0 aromatic heterocycles. The number of benzene rings is 2. The Hall–Kier alpha value is -2.89. The molecule has 0 radical (unpaired) electrons. The van der Waals surface area contributed by atoms with Crippen molar-refractivity contribution >= 4 is 17.3 Å². The highest BCUT2D eigenvalue weighted by Crippen LogP contribution is 2.32. The number of carbonyl (C=O) groups is 1. The lowest BCUT2D eigenvalue weighted by Crippen LogP contribution is -2.37. The highest BCUT2D eigenvalue weighted by atomic mass is 16.6. The van der Waals surface area contributed by atoms with Gasteiger partial charge in [-0.25, -0.2) is 0 Å². The molecular weight excluding hydrogens is 332 g/mol. The molecule has 1 aliphatic heterocycles. The first kappa shape index (κ1) is 17.9. The lowest BCUT2D eigenvalue weighted by molar-refractivity contribution is -0.384. The minimum absolute atomic E-state index is 0.103.